The third-order valence-electron chi connectivity index (χ3n) is 4.96. The minimum absolute atomic E-state index is 0.468. The number of hydrogen-bond acceptors (Lipinski definition) is 3. The van der Waals surface area contributed by atoms with Crippen molar-refractivity contribution in [2.24, 2.45) is 0 Å². The number of hydrogen-bond donors (Lipinski definition) is 2. The average molecular weight is 361 g/mol. The molecule has 3 heterocycles. The molecule has 26 heavy (non-hydrogen) atoms. The van der Waals surface area contributed by atoms with E-state index < -0.39 is 0 Å². The van der Waals surface area contributed by atoms with Crippen LogP contribution in [0.2, 0.25) is 5.15 Å². The smallest absolute Gasteiger partial charge is 0.137 e. The van der Waals surface area contributed by atoms with Crippen molar-refractivity contribution in [3.8, 4) is 11.1 Å². The maximum Gasteiger partial charge on any atom is 0.137 e. The molecule has 2 N–H and O–H groups in total. The molecule has 0 radical (unpaired) electrons. The molecule has 0 saturated carbocycles. The largest absolute Gasteiger partial charge is 0.346 e. The van der Waals surface area contributed by atoms with Crippen molar-refractivity contribution in [2.75, 3.05) is 5.32 Å². The molecule has 0 unspecified atom stereocenters. The van der Waals surface area contributed by atoms with Gasteiger partial charge in [-0.15, -0.1) is 0 Å². The summed E-state index contributed by atoms with van der Waals surface area (Å²) in [5.41, 5.74) is 6.90. The topological polar surface area (TPSA) is 53.6 Å². The lowest BCUT2D eigenvalue weighted by molar-refractivity contribution is 0.912. The molecular weight excluding hydrogens is 344 g/mol. The zero-order chi connectivity index (χ0) is 17.5. The van der Waals surface area contributed by atoms with E-state index in [4.69, 9.17) is 11.6 Å². The van der Waals surface area contributed by atoms with Gasteiger partial charge in [0.15, 0.2) is 0 Å². The lowest BCUT2D eigenvalue weighted by atomic mass is 10.1. The second-order valence-corrected chi connectivity index (χ2v) is 6.97. The molecule has 4 nitrogen and oxygen atoms in total. The number of nitrogens with one attached hydrogen (secondary N) is 2. The van der Waals surface area contributed by atoms with Crippen molar-refractivity contribution in [3.05, 3.63) is 71.1 Å². The highest BCUT2D eigenvalue weighted by atomic mass is 35.5. The lowest BCUT2D eigenvalue weighted by Gasteiger charge is -2.12. The van der Waals surface area contributed by atoms with Gasteiger partial charge in [0.2, 0.25) is 0 Å². The molecule has 1 aliphatic rings. The predicted octanol–water partition coefficient (Wildman–Crippen LogP) is 5.51. The van der Waals surface area contributed by atoms with Crippen molar-refractivity contribution in [2.45, 2.75) is 19.3 Å². The Morgan fingerprint density at radius 2 is 2.04 bits per heavy atom. The van der Waals surface area contributed by atoms with Crippen molar-refractivity contribution in [1.29, 1.82) is 0 Å². The summed E-state index contributed by atoms with van der Waals surface area (Å²) in [6, 6.07) is 14.3. The molecule has 1 aromatic carbocycles. The summed E-state index contributed by atoms with van der Waals surface area (Å²) in [5.74, 6) is 0.756. The number of aromatic amines is 1. The van der Waals surface area contributed by atoms with Gasteiger partial charge in [0.05, 0.1) is 0 Å². The molecule has 0 spiro atoms. The quantitative estimate of drug-likeness (QED) is 0.473. The number of halogens is 1. The molecule has 4 aromatic rings. The average Bonchev–Trinajstić information content (AvgIpc) is 3.29. The molecule has 0 atom stereocenters. The fourth-order valence-corrected chi connectivity index (χ4v) is 3.99. The Bertz CT molecular complexity index is 1120. The van der Waals surface area contributed by atoms with Gasteiger partial charge in [-0.05, 0) is 66.3 Å². The van der Waals surface area contributed by atoms with Crippen molar-refractivity contribution in [3.63, 3.8) is 0 Å². The van der Waals surface area contributed by atoms with Crippen molar-refractivity contribution >= 4 is 34.1 Å². The van der Waals surface area contributed by atoms with Crippen LogP contribution in [0, 0.1) is 0 Å². The molecular formula is C21H17ClN4. The molecule has 128 valence electrons. The van der Waals surface area contributed by atoms with Crippen molar-refractivity contribution < 1.29 is 0 Å². The van der Waals surface area contributed by atoms with E-state index in [0.29, 0.717) is 5.15 Å². The Labute approximate surface area is 156 Å². The number of rotatable bonds is 3. The Morgan fingerprint density at radius 1 is 1.08 bits per heavy atom. The number of nitrogens with zero attached hydrogens (tertiary/aromatic N) is 2. The van der Waals surface area contributed by atoms with E-state index in [1.54, 1.807) is 6.20 Å². The molecule has 1 aliphatic carbocycles. The zero-order valence-electron chi connectivity index (χ0n) is 14.1. The molecule has 0 saturated heterocycles. The second kappa shape index (κ2) is 6.15. The standard InChI is InChI=1S/C21H17ClN4/c22-19-10-14(17-12-24-21-16(17)7-3-9-23-21)11-20(26-19)25-18-8-2-5-13-4-1-6-15(13)18/h2-3,5,7-12H,1,4,6H2,(H,23,24)(H,25,26). The van der Waals surface area contributed by atoms with Crippen LogP contribution in [-0.2, 0) is 12.8 Å². The first kappa shape index (κ1) is 15.4. The van der Waals surface area contributed by atoms with Gasteiger partial charge >= 0.3 is 0 Å². The second-order valence-electron chi connectivity index (χ2n) is 6.59. The summed E-state index contributed by atoms with van der Waals surface area (Å²) in [6.07, 6.45) is 7.23. The van der Waals surface area contributed by atoms with E-state index in [0.717, 1.165) is 46.5 Å². The SMILES string of the molecule is Clc1cc(-c2c[nH]c3ncccc23)cc(Nc2cccc3c2CCC3)n1. The zero-order valence-corrected chi connectivity index (χ0v) is 14.8. The summed E-state index contributed by atoms with van der Waals surface area (Å²) in [7, 11) is 0. The van der Waals surface area contributed by atoms with Gasteiger partial charge in [0.1, 0.15) is 16.6 Å². The molecule has 5 rings (SSSR count). The van der Waals surface area contributed by atoms with Gasteiger partial charge in [0.25, 0.3) is 0 Å². The molecule has 5 heteroatoms. The number of aryl methyl sites for hydroxylation is 1. The summed E-state index contributed by atoms with van der Waals surface area (Å²) in [4.78, 5) is 12.0. The maximum atomic E-state index is 6.32. The number of pyridine rings is 2. The number of aromatic nitrogens is 3. The highest BCUT2D eigenvalue weighted by Crippen LogP contribution is 2.34. The van der Waals surface area contributed by atoms with Gasteiger partial charge in [-0.2, -0.15) is 0 Å². The van der Waals surface area contributed by atoms with Crippen LogP contribution in [0.15, 0.2) is 54.9 Å². The monoisotopic (exact) mass is 360 g/mol. The van der Waals surface area contributed by atoms with Gasteiger partial charge in [0, 0.05) is 29.0 Å². The van der Waals surface area contributed by atoms with Crippen LogP contribution >= 0.6 is 11.6 Å². The van der Waals surface area contributed by atoms with Gasteiger partial charge in [-0.1, -0.05) is 23.7 Å². The normalized spacial score (nSPS) is 13.1. The van der Waals surface area contributed by atoms with Crippen LogP contribution in [0.25, 0.3) is 22.2 Å². The van der Waals surface area contributed by atoms with Crippen molar-refractivity contribution in [1.82, 2.24) is 15.0 Å². The number of H-pyrrole nitrogens is 1. The molecule has 3 aromatic heterocycles. The first-order valence-electron chi connectivity index (χ1n) is 8.76. The Hall–Kier alpha value is -2.85. The summed E-state index contributed by atoms with van der Waals surface area (Å²) < 4.78 is 0. The van der Waals surface area contributed by atoms with E-state index in [1.807, 2.05) is 24.4 Å². The van der Waals surface area contributed by atoms with Gasteiger partial charge < -0.3 is 10.3 Å². The van der Waals surface area contributed by atoms with Crippen LogP contribution in [0.1, 0.15) is 17.5 Å². The summed E-state index contributed by atoms with van der Waals surface area (Å²) in [6.45, 7) is 0. The number of fused-ring (bicyclic) bond motifs is 2. The van der Waals surface area contributed by atoms with Crippen LogP contribution in [0.5, 0.6) is 0 Å². The molecule has 0 bridgehead atoms. The van der Waals surface area contributed by atoms with E-state index in [2.05, 4.69) is 44.5 Å². The van der Waals surface area contributed by atoms with E-state index >= 15 is 0 Å². The Morgan fingerprint density at radius 3 is 3.00 bits per heavy atom. The van der Waals surface area contributed by atoms with E-state index in [9.17, 15) is 0 Å². The third kappa shape index (κ3) is 2.63. The maximum absolute atomic E-state index is 6.32. The Balaban J connectivity index is 1.57. The minimum atomic E-state index is 0.468. The number of anilines is 2. The first-order chi connectivity index (χ1) is 12.8. The highest BCUT2D eigenvalue weighted by Gasteiger charge is 2.15. The van der Waals surface area contributed by atoms with Crippen LogP contribution in [0.3, 0.4) is 0 Å². The first-order valence-corrected chi connectivity index (χ1v) is 9.13. The van der Waals surface area contributed by atoms with E-state index in [1.165, 1.54) is 17.5 Å². The lowest BCUT2D eigenvalue weighted by Crippen LogP contribution is -1.98. The van der Waals surface area contributed by atoms with E-state index in [-0.39, 0.29) is 0 Å². The predicted molar refractivity (Wildman–Crippen MR) is 106 cm³/mol. The van der Waals surface area contributed by atoms with Crippen LogP contribution < -0.4 is 5.32 Å². The third-order valence-corrected chi connectivity index (χ3v) is 5.16. The van der Waals surface area contributed by atoms with Gasteiger partial charge in [-0.3, -0.25) is 0 Å². The van der Waals surface area contributed by atoms with Crippen LogP contribution in [-0.4, -0.2) is 15.0 Å². The van der Waals surface area contributed by atoms with Crippen LogP contribution in [0.4, 0.5) is 11.5 Å². The number of benzene rings is 1. The fourth-order valence-electron chi connectivity index (χ4n) is 3.79. The molecule has 0 aliphatic heterocycles. The minimum Gasteiger partial charge on any atom is -0.346 e. The molecule has 0 amide bonds. The summed E-state index contributed by atoms with van der Waals surface area (Å²) in [5, 5.41) is 5.01. The van der Waals surface area contributed by atoms with Gasteiger partial charge in [-0.25, -0.2) is 9.97 Å². The molecule has 0 fully saturated rings. The summed E-state index contributed by atoms with van der Waals surface area (Å²) >= 11 is 6.32. The Kier molecular flexibility index (Phi) is 3.64. The fraction of sp³-hybridized carbons (Fsp3) is 0.143. The highest BCUT2D eigenvalue weighted by molar-refractivity contribution is 6.29.